The molecule has 0 aromatic rings. The van der Waals surface area contributed by atoms with E-state index in [1.165, 1.54) is 82.8 Å². The van der Waals surface area contributed by atoms with Crippen LogP contribution in [0.4, 0.5) is 0 Å². The Morgan fingerprint density at radius 1 is 0.750 bits per heavy atom. The lowest BCUT2D eigenvalue weighted by Crippen LogP contribution is -1.90. The lowest BCUT2D eigenvalue weighted by Gasteiger charge is -2.03. The monoisotopic (exact) mass is 320 g/mol. The maximum atomic E-state index is 10.5. The van der Waals surface area contributed by atoms with Gasteiger partial charge in [-0.3, -0.25) is 4.79 Å². The molecule has 3 heteroatoms. The van der Waals surface area contributed by atoms with Crippen molar-refractivity contribution in [3.05, 3.63) is 0 Å². The quantitative estimate of drug-likeness (QED) is 0.236. The SMILES string of the molecule is CCCCCCCCCCCCCCSCCC(=O)Cl. The number of hydrogen-bond donors (Lipinski definition) is 0. The minimum Gasteiger partial charge on any atom is -0.281 e. The van der Waals surface area contributed by atoms with Gasteiger partial charge in [0.1, 0.15) is 0 Å². The Hall–Kier alpha value is 0.310. The zero-order valence-electron chi connectivity index (χ0n) is 13.3. The summed E-state index contributed by atoms with van der Waals surface area (Å²) in [5, 5.41) is -0.202. The summed E-state index contributed by atoms with van der Waals surface area (Å²) in [6.07, 6.45) is 17.3. The molecule has 0 N–H and O–H groups in total. The molecule has 0 saturated carbocycles. The summed E-state index contributed by atoms with van der Waals surface area (Å²) in [5.74, 6) is 2.07. The van der Waals surface area contributed by atoms with Crippen molar-refractivity contribution in [1.82, 2.24) is 0 Å². The molecule has 0 unspecified atom stereocenters. The predicted octanol–water partition coefficient (Wildman–Crippen LogP) is 6.58. The van der Waals surface area contributed by atoms with Crippen molar-refractivity contribution >= 4 is 28.6 Å². The average molecular weight is 321 g/mol. The Bertz CT molecular complexity index is 209. The van der Waals surface area contributed by atoms with Gasteiger partial charge >= 0.3 is 0 Å². The molecule has 0 bridgehead atoms. The molecular formula is C17H33ClOS. The number of unbranched alkanes of at least 4 members (excludes halogenated alkanes) is 11. The van der Waals surface area contributed by atoms with E-state index in [0.717, 1.165) is 5.75 Å². The summed E-state index contributed by atoms with van der Waals surface area (Å²) < 4.78 is 0. The van der Waals surface area contributed by atoms with Gasteiger partial charge in [0.15, 0.2) is 0 Å². The van der Waals surface area contributed by atoms with Crippen molar-refractivity contribution in [2.75, 3.05) is 11.5 Å². The molecule has 120 valence electrons. The largest absolute Gasteiger partial charge is 0.281 e. The van der Waals surface area contributed by atoms with Crippen LogP contribution >= 0.6 is 23.4 Å². The zero-order chi connectivity index (χ0) is 14.9. The first kappa shape index (κ1) is 20.3. The van der Waals surface area contributed by atoms with Crippen LogP contribution in [0, 0.1) is 0 Å². The molecule has 0 atom stereocenters. The molecule has 20 heavy (non-hydrogen) atoms. The van der Waals surface area contributed by atoms with E-state index >= 15 is 0 Å². The van der Waals surface area contributed by atoms with Crippen LogP contribution in [0.1, 0.15) is 90.4 Å². The number of carbonyl (C=O) groups is 1. The second-order valence-electron chi connectivity index (χ2n) is 5.61. The summed E-state index contributed by atoms with van der Waals surface area (Å²) in [4.78, 5) is 10.5. The molecule has 0 aliphatic carbocycles. The van der Waals surface area contributed by atoms with Crippen molar-refractivity contribution < 1.29 is 4.79 Å². The van der Waals surface area contributed by atoms with Crippen LogP contribution in [0.5, 0.6) is 0 Å². The molecule has 0 aromatic heterocycles. The fourth-order valence-electron chi connectivity index (χ4n) is 2.30. The number of rotatable bonds is 16. The highest BCUT2D eigenvalue weighted by molar-refractivity contribution is 7.99. The van der Waals surface area contributed by atoms with Gasteiger partial charge in [0.25, 0.3) is 0 Å². The minimum absolute atomic E-state index is 0.202. The maximum Gasteiger partial charge on any atom is 0.222 e. The average Bonchev–Trinajstić information content (AvgIpc) is 2.43. The third-order valence-corrected chi connectivity index (χ3v) is 4.84. The number of carbonyl (C=O) groups excluding carboxylic acids is 1. The molecule has 0 radical (unpaired) electrons. The third-order valence-electron chi connectivity index (χ3n) is 3.59. The van der Waals surface area contributed by atoms with Gasteiger partial charge in [-0.15, -0.1) is 0 Å². The molecule has 0 aromatic carbocycles. The first-order chi connectivity index (χ1) is 9.77. The Balaban J connectivity index is 2.94. The Morgan fingerprint density at radius 3 is 1.65 bits per heavy atom. The first-order valence-corrected chi connectivity index (χ1v) is 10.1. The zero-order valence-corrected chi connectivity index (χ0v) is 14.9. The molecule has 0 amide bonds. The van der Waals surface area contributed by atoms with Crippen LogP contribution < -0.4 is 0 Å². The van der Waals surface area contributed by atoms with Gasteiger partial charge in [-0.2, -0.15) is 11.8 Å². The third kappa shape index (κ3) is 18.3. The Kier molecular flexibility index (Phi) is 17.6. The van der Waals surface area contributed by atoms with Gasteiger partial charge < -0.3 is 0 Å². The summed E-state index contributed by atoms with van der Waals surface area (Å²) in [6.45, 7) is 2.27. The summed E-state index contributed by atoms with van der Waals surface area (Å²) in [6, 6.07) is 0. The molecule has 0 aliphatic heterocycles. The second kappa shape index (κ2) is 17.4. The highest BCUT2D eigenvalue weighted by atomic mass is 35.5. The molecule has 0 fully saturated rings. The molecule has 0 saturated heterocycles. The fraction of sp³-hybridized carbons (Fsp3) is 0.941. The minimum atomic E-state index is -0.202. The van der Waals surface area contributed by atoms with Crippen molar-refractivity contribution in [3.8, 4) is 0 Å². The number of thioether (sulfide) groups is 1. The summed E-state index contributed by atoms with van der Waals surface area (Å²) in [5.41, 5.74) is 0. The van der Waals surface area contributed by atoms with Crippen LogP contribution in [0.3, 0.4) is 0 Å². The smallest absolute Gasteiger partial charge is 0.222 e. The van der Waals surface area contributed by atoms with E-state index in [-0.39, 0.29) is 5.24 Å². The molecule has 0 aliphatic rings. The molecule has 0 rings (SSSR count). The Labute approximate surface area is 135 Å². The first-order valence-electron chi connectivity index (χ1n) is 8.53. The molecular weight excluding hydrogens is 288 g/mol. The molecule has 0 heterocycles. The standard InChI is InChI=1S/C17H33ClOS/c1-2-3-4-5-6-7-8-9-10-11-12-13-15-20-16-14-17(18)19/h2-16H2,1H3. The van der Waals surface area contributed by atoms with Crippen LogP contribution in [-0.2, 0) is 4.79 Å². The van der Waals surface area contributed by atoms with E-state index in [1.54, 1.807) is 0 Å². The molecule has 0 spiro atoms. The van der Waals surface area contributed by atoms with Crippen LogP contribution in [-0.4, -0.2) is 16.7 Å². The highest BCUT2D eigenvalue weighted by Gasteiger charge is 1.96. The van der Waals surface area contributed by atoms with Gasteiger partial charge in [0.2, 0.25) is 5.24 Å². The van der Waals surface area contributed by atoms with Crippen molar-refractivity contribution in [2.24, 2.45) is 0 Å². The van der Waals surface area contributed by atoms with E-state index in [9.17, 15) is 4.79 Å². The van der Waals surface area contributed by atoms with E-state index < -0.39 is 0 Å². The van der Waals surface area contributed by atoms with Crippen LogP contribution in [0.2, 0.25) is 0 Å². The maximum absolute atomic E-state index is 10.5. The van der Waals surface area contributed by atoms with E-state index in [1.807, 2.05) is 11.8 Å². The topological polar surface area (TPSA) is 17.1 Å². The Morgan fingerprint density at radius 2 is 1.20 bits per heavy atom. The number of halogens is 1. The lowest BCUT2D eigenvalue weighted by atomic mass is 10.1. The van der Waals surface area contributed by atoms with Crippen LogP contribution in [0.25, 0.3) is 0 Å². The fourth-order valence-corrected chi connectivity index (χ4v) is 3.45. The summed E-state index contributed by atoms with van der Waals surface area (Å²) in [7, 11) is 0. The lowest BCUT2D eigenvalue weighted by molar-refractivity contribution is -0.111. The van der Waals surface area contributed by atoms with E-state index in [4.69, 9.17) is 11.6 Å². The van der Waals surface area contributed by atoms with Gasteiger partial charge in [-0.25, -0.2) is 0 Å². The number of hydrogen-bond acceptors (Lipinski definition) is 2. The van der Waals surface area contributed by atoms with Gasteiger partial charge in [0.05, 0.1) is 0 Å². The normalized spacial score (nSPS) is 10.9. The van der Waals surface area contributed by atoms with Crippen molar-refractivity contribution in [1.29, 1.82) is 0 Å². The predicted molar refractivity (Wildman–Crippen MR) is 93.9 cm³/mol. The second-order valence-corrected chi connectivity index (χ2v) is 7.25. The van der Waals surface area contributed by atoms with Crippen molar-refractivity contribution in [3.63, 3.8) is 0 Å². The highest BCUT2D eigenvalue weighted by Crippen LogP contribution is 2.13. The van der Waals surface area contributed by atoms with Crippen LogP contribution in [0.15, 0.2) is 0 Å². The van der Waals surface area contributed by atoms with Gasteiger partial charge in [-0.05, 0) is 23.8 Å². The summed E-state index contributed by atoms with van der Waals surface area (Å²) >= 11 is 7.14. The van der Waals surface area contributed by atoms with Crippen molar-refractivity contribution in [2.45, 2.75) is 90.4 Å². The molecule has 1 nitrogen and oxygen atoms in total. The van der Waals surface area contributed by atoms with Gasteiger partial charge in [-0.1, -0.05) is 77.6 Å². The van der Waals surface area contributed by atoms with E-state index in [2.05, 4.69) is 6.92 Å². The van der Waals surface area contributed by atoms with E-state index in [0.29, 0.717) is 6.42 Å². The van der Waals surface area contributed by atoms with Gasteiger partial charge in [0, 0.05) is 12.2 Å².